The molecule has 0 unspecified atom stereocenters. The fourth-order valence-electron chi connectivity index (χ4n) is 9.92. The zero-order valence-electron chi connectivity index (χ0n) is 32.7. The highest BCUT2D eigenvalue weighted by Crippen LogP contribution is 2.44. The van der Waals surface area contributed by atoms with Gasteiger partial charge in [-0.3, -0.25) is 9.88 Å². The van der Waals surface area contributed by atoms with E-state index in [2.05, 4.69) is 20.2 Å². The number of phenolic OH excluding ortho intramolecular Hbond substituents is 1. The smallest absolute Gasteiger partial charge is 0.407 e. The molecule has 2 aromatic carbocycles. The van der Waals surface area contributed by atoms with Crippen molar-refractivity contribution in [1.29, 1.82) is 0 Å². The van der Waals surface area contributed by atoms with Gasteiger partial charge in [0.15, 0.2) is 5.82 Å². The van der Waals surface area contributed by atoms with Gasteiger partial charge in [0.25, 0.3) is 0 Å². The van der Waals surface area contributed by atoms with Gasteiger partial charge >= 0.3 is 12.1 Å². The van der Waals surface area contributed by atoms with Crippen molar-refractivity contribution in [3.05, 3.63) is 47.7 Å². The first-order valence-electron chi connectivity index (χ1n) is 20.5. The van der Waals surface area contributed by atoms with Crippen LogP contribution < -0.4 is 15.0 Å². The number of hydrogen-bond donors (Lipinski definition) is 3. The predicted octanol–water partition coefficient (Wildman–Crippen LogP) is 6.85. The number of pyridine rings is 1. The standard InChI is InChI=1S/C43H52F2N6O6/c1-3-31-34(44)11-10-28-18-30(53)19-32(35(28)31)37-36(45)38-33(21-46-37)39(50-16-4-13-42(2,55)24-50)49-40(48-38)57-25-43-14-5-17-51(43)29(12-15-43)23-56-41(54)47-20-26-6-8-27(22-52)9-7-26/h10-11,18-19,21-22,26-27,29,53,55H,3-9,12-17,20,23-25H2,1-2H3,(H,47,54)/t26?,27?,29-,42+,43-/m0/s1. The van der Waals surface area contributed by atoms with E-state index in [1.54, 1.807) is 13.0 Å². The van der Waals surface area contributed by atoms with Crippen LogP contribution in [0.15, 0.2) is 30.5 Å². The number of phenols is 1. The van der Waals surface area contributed by atoms with Gasteiger partial charge in [-0.15, -0.1) is 0 Å². The summed E-state index contributed by atoms with van der Waals surface area (Å²) in [6, 6.07) is 5.84. The van der Waals surface area contributed by atoms with Gasteiger partial charge in [-0.25, -0.2) is 13.6 Å². The number of alkyl carbamates (subject to hydrolysis) is 1. The lowest BCUT2D eigenvalue weighted by Crippen LogP contribution is -2.48. The van der Waals surface area contributed by atoms with Crippen LogP contribution in [0.4, 0.5) is 19.4 Å². The van der Waals surface area contributed by atoms with Crippen molar-refractivity contribution in [2.75, 3.05) is 44.3 Å². The van der Waals surface area contributed by atoms with Gasteiger partial charge in [0.1, 0.15) is 48.1 Å². The molecule has 12 nitrogen and oxygen atoms in total. The number of halogens is 2. The van der Waals surface area contributed by atoms with Gasteiger partial charge in [0.05, 0.1) is 16.5 Å². The molecule has 4 aromatic rings. The number of amides is 1. The minimum Gasteiger partial charge on any atom is -0.508 e. The first kappa shape index (κ1) is 39.2. The predicted molar refractivity (Wildman–Crippen MR) is 211 cm³/mol. The Kier molecular flexibility index (Phi) is 10.9. The van der Waals surface area contributed by atoms with Gasteiger partial charge in [0.2, 0.25) is 0 Å². The summed E-state index contributed by atoms with van der Waals surface area (Å²) < 4.78 is 44.3. The van der Waals surface area contributed by atoms with Crippen LogP contribution in [0.25, 0.3) is 32.9 Å². The third-order valence-electron chi connectivity index (χ3n) is 12.9. The van der Waals surface area contributed by atoms with Crippen LogP contribution in [-0.4, -0.2) is 99.0 Å². The number of nitrogens with one attached hydrogen (secondary N) is 1. The Balaban J connectivity index is 1.05. The summed E-state index contributed by atoms with van der Waals surface area (Å²) in [6.07, 6.45) is 10.8. The molecule has 2 aromatic heterocycles. The average molecular weight is 787 g/mol. The van der Waals surface area contributed by atoms with Gasteiger partial charge in [-0.05, 0) is 125 Å². The number of β-amino-alcohol motifs (C(OH)–C–C–N with tert-alkyl or cyclic N) is 1. The number of aldehydes is 1. The Morgan fingerprint density at radius 1 is 1.07 bits per heavy atom. The van der Waals surface area contributed by atoms with Crippen LogP contribution in [0.5, 0.6) is 11.8 Å². The molecule has 8 rings (SSSR count). The lowest BCUT2D eigenvalue weighted by atomic mass is 9.83. The van der Waals surface area contributed by atoms with E-state index in [1.807, 2.05) is 11.8 Å². The monoisotopic (exact) mass is 786 g/mol. The molecule has 57 heavy (non-hydrogen) atoms. The zero-order valence-corrected chi connectivity index (χ0v) is 32.7. The van der Waals surface area contributed by atoms with Crippen molar-refractivity contribution in [3.8, 4) is 23.0 Å². The fraction of sp³-hybridized carbons (Fsp3) is 0.558. The number of anilines is 1. The lowest BCUT2D eigenvalue weighted by Gasteiger charge is -2.38. The number of nitrogens with zero attached hydrogens (tertiary/aromatic N) is 5. The van der Waals surface area contributed by atoms with Gasteiger partial charge < -0.3 is 34.7 Å². The van der Waals surface area contributed by atoms with Crippen molar-refractivity contribution >= 4 is 39.9 Å². The number of carbonyl (C=O) groups is 2. The molecule has 3 N–H and O–H groups in total. The molecular formula is C43H52F2N6O6. The first-order valence-corrected chi connectivity index (χ1v) is 20.5. The van der Waals surface area contributed by atoms with E-state index in [9.17, 15) is 19.8 Å². The van der Waals surface area contributed by atoms with Gasteiger partial charge in [-0.1, -0.05) is 13.0 Å². The minimum absolute atomic E-state index is 0.0118. The number of piperidine rings is 1. The molecule has 4 fully saturated rings. The van der Waals surface area contributed by atoms with E-state index in [1.165, 1.54) is 24.4 Å². The molecule has 1 aliphatic carbocycles. The van der Waals surface area contributed by atoms with E-state index in [4.69, 9.17) is 14.5 Å². The third-order valence-corrected chi connectivity index (χ3v) is 12.9. The number of hydrogen-bond acceptors (Lipinski definition) is 11. The first-order chi connectivity index (χ1) is 27.5. The largest absolute Gasteiger partial charge is 0.508 e. The van der Waals surface area contributed by atoms with E-state index in [0.29, 0.717) is 65.8 Å². The molecule has 304 valence electrons. The summed E-state index contributed by atoms with van der Waals surface area (Å²) in [5, 5.41) is 26.0. The molecule has 0 spiro atoms. The summed E-state index contributed by atoms with van der Waals surface area (Å²) >= 11 is 0. The molecule has 0 bridgehead atoms. The highest BCUT2D eigenvalue weighted by Gasteiger charge is 2.50. The maximum atomic E-state index is 17.1. The van der Waals surface area contributed by atoms with E-state index < -0.39 is 23.3 Å². The second-order valence-corrected chi connectivity index (χ2v) is 16.9. The van der Waals surface area contributed by atoms with Gasteiger partial charge in [0, 0.05) is 43.4 Å². The summed E-state index contributed by atoms with van der Waals surface area (Å²) in [5.41, 5.74) is -0.795. The summed E-state index contributed by atoms with van der Waals surface area (Å²) in [7, 11) is 0. The van der Waals surface area contributed by atoms with Crippen LogP contribution in [0.2, 0.25) is 0 Å². The molecule has 3 saturated heterocycles. The van der Waals surface area contributed by atoms with Crippen LogP contribution >= 0.6 is 0 Å². The topological polar surface area (TPSA) is 150 Å². The number of benzene rings is 2. The Morgan fingerprint density at radius 2 is 1.88 bits per heavy atom. The molecule has 0 radical (unpaired) electrons. The normalized spacial score (nSPS) is 26.5. The molecule has 14 heteroatoms. The minimum atomic E-state index is -0.985. The number of aromatic hydroxyl groups is 1. The Hall–Kier alpha value is -4.69. The number of rotatable bonds is 11. The second kappa shape index (κ2) is 15.9. The Labute approximate surface area is 331 Å². The van der Waals surface area contributed by atoms with E-state index in [-0.39, 0.29) is 65.8 Å². The maximum Gasteiger partial charge on any atom is 0.407 e. The molecular weight excluding hydrogens is 735 g/mol. The van der Waals surface area contributed by atoms with Crippen molar-refractivity contribution in [3.63, 3.8) is 0 Å². The molecule has 3 aliphatic heterocycles. The van der Waals surface area contributed by atoms with Crippen LogP contribution in [0.1, 0.15) is 83.6 Å². The van der Waals surface area contributed by atoms with Crippen molar-refractivity contribution in [2.45, 2.75) is 102 Å². The number of carbonyl (C=O) groups excluding carboxylic acids is 2. The van der Waals surface area contributed by atoms with E-state index in [0.717, 1.165) is 64.2 Å². The molecule has 1 saturated carbocycles. The lowest BCUT2D eigenvalue weighted by molar-refractivity contribution is -0.112. The second-order valence-electron chi connectivity index (χ2n) is 16.9. The van der Waals surface area contributed by atoms with Crippen molar-refractivity contribution in [2.24, 2.45) is 11.8 Å². The fourth-order valence-corrected chi connectivity index (χ4v) is 9.92. The Bertz CT molecular complexity index is 2160. The molecule has 4 aliphatic rings. The summed E-state index contributed by atoms with van der Waals surface area (Å²) in [4.78, 5) is 42.1. The number of aryl methyl sites for hydroxylation is 1. The quantitative estimate of drug-likeness (QED) is 0.137. The zero-order chi connectivity index (χ0) is 39.9. The molecule has 5 heterocycles. The SMILES string of the molecule is CCc1c(F)ccc2cc(O)cc(-c3ncc4c(N5CCC[C@@](C)(O)C5)nc(OC[C@@]56CCCN5[C@H](COC(=O)NCC5CCC(C=O)CC5)CC6)nc4c3F)c12. The van der Waals surface area contributed by atoms with Crippen LogP contribution in [0.3, 0.4) is 0 Å². The van der Waals surface area contributed by atoms with Gasteiger partial charge in [-0.2, -0.15) is 9.97 Å². The van der Waals surface area contributed by atoms with Crippen molar-refractivity contribution < 1.29 is 38.1 Å². The van der Waals surface area contributed by atoms with Crippen LogP contribution in [-0.2, 0) is 16.0 Å². The number of aromatic nitrogens is 3. The summed E-state index contributed by atoms with van der Waals surface area (Å²) in [6.45, 7) is 6.31. The third kappa shape index (κ3) is 7.82. The molecule has 3 atom stereocenters. The number of ether oxygens (including phenoxy) is 2. The van der Waals surface area contributed by atoms with E-state index >= 15 is 8.78 Å². The van der Waals surface area contributed by atoms with Crippen LogP contribution in [0, 0.1) is 23.5 Å². The maximum absolute atomic E-state index is 17.1. The number of fused-ring (bicyclic) bond motifs is 3. The summed E-state index contributed by atoms with van der Waals surface area (Å²) in [5.74, 6) is -0.404. The number of aliphatic hydroxyl groups is 1. The van der Waals surface area contributed by atoms with Crippen molar-refractivity contribution in [1.82, 2.24) is 25.2 Å². The Morgan fingerprint density at radius 3 is 2.65 bits per heavy atom. The molecule has 1 amide bonds. The highest BCUT2D eigenvalue weighted by atomic mass is 19.1. The highest BCUT2D eigenvalue weighted by molar-refractivity contribution is 6.01. The average Bonchev–Trinajstić information content (AvgIpc) is 3.77.